The number of hydrogen-bond donors (Lipinski definition) is 1. The second-order valence-corrected chi connectivity index (χ2v) is 3.76. The zero-order valence-electron chi connectivity index (χ0n) is 10.4. The fraction of sp³-hybridized carbons (Fsp3) is 0.154. The third-order valence-corrected chi connectivity index (χ3v) is 2.30. The highest BCUT2D eigenvalue weighted by Crippen LogP contribution is 2.35. The maximum atomic E-state index is 12.3. The second kappa shape index (κ2) is 5.68. The van der Waals surface area contributed by atoms with Gasteiger partial charge in [0.2, 0.25) is 0 Å². The molecule has 1 aromatic heterocycles. The number of rotatable bonds is 4. The van der Waals surface area contributed by atoms with E-state index < -0.39 is 12.1 Å². The molecule has 0 saturated heterocycles. The molecular formula is C13H11F3N2O2. The van der Waals surface area contributed by atoms with Crippen LogP contribution in [0.3, 0.4) is 0 Å². The number of para-hydroxylation sites is 2. The van der Waals surface area contributed by atoms with Crippen LogP contribution in [0.2, 0.25) is 0 Å². The Morgan fingerprint density at radius 1 is 1.10 bits per heavy atom. The Kier molecular flexibility index (Phi) is 3.97. The minimum absolute atomic E-state index is 0.0418. The van der Waals surface area contributed by atoms with Crippen LogP contribution in [-0.2, 0) is 0 Å². The van der Waals surface area contributed by atoms with Crippen molar-refractivity contribution >= 4 is 5.69 Å². The Balaban J connectivity index is 2.24. The largest absolute Gasteiger partial charge is 0.573 e. The Bertz CT molecular complexity index is 588. The number of hydrogen-bond acceptors (Lipinski definition) is 4. The second-order valence-electron chi connectivity index (χ2n) is 3.76. The van der Waals surface area contributed by atoms with Gasteiger partial charge in [0.1, 0.15) is 5.75 Å². The van der Waals surface area contributed by atoms with E-state index in [0.29, 0.717) is 11.4 Å². The molecule has 1 heterocycles. The number of alkyl halides is 3. The van der Waals surface area contributed by atoms with Gasteiger partial charge >= 0.3 is 6.36 Å². The summed E-state index contributed by atoms with van der Waals surface area (Å²) in [6.07, 6.45) is -1.82. The lowest BCUT2D eigenvalue weighted by Crippen LogP contribution is -2.17. The number of nitrogens with zero attached hydrogens (tertiary/aromatic N) is 1. The molecule has 1 aromatic carbocycles. The van der Waals surface area contributed by atoms with Gasteiger partial charge in [-0.05, 0) is 12.1 Å². The number of nitrogens with one attached hydrogen (secondary N) is 1. The first-order chi connectivity index (χ1) is 9.48. The van der Waals surface area contributed by atoms with Gasteiger partial charge in [-0.2, -0.15) is 0 Å². The maximum absolute atomic E-state index is 12.3. The van der Waals surface area contributed by atoms with Crippen LogP contribution in [0.15, 0.2) is 42.7 Å². The summed E-state index contributed by atoms with van der Waals surface area (Å²) in [5, 5.41) is 2.85. The third kappa shape index (κ3) is 3.78. The maximum Gasteiger partial charge on any atom is 0.573 e. The van der Waals surface area contributed by atoms with Crippen LogP contribution in [0.4, 0.5) is 18.9 Å². The van der Waals surface area contributed by atoms with Crippen molar-refractivity contribution in [1.82, 2.24) is 4.98 Å². The normalized spacial score (nSPS) is 11.0. The monoisotopic (exact) mass is 284 g/mol. The molecule has 7 heteroatoms. The van der Waals surface area contributed by atoms with Gasteiger partial charge in [-0.25, -0.2) is 0 Å². The van der Waals surface area contributed by atoms with Gasteiger partial charge in [0, 0.05) is 13.1 Å². The van der Waals surface area contributed by atoms with Crippen LogP contribution in [-0.4, -0.2) is 18.4 Å². The number of pyridine rings is 1. The smallest absolute Gasteiger partial charge is 0.452 e. The summed E-state index contributed by atoms with van der Waals surface area (Å²) >= 11 is 0. The zero-order chi connectivity index (χ0) is 14.6. The molecule has 20 heavy (non-hydrogen) atoms. The molecule has 0 bridgehead atoms. The van der Waals surface area contributed by atoms with Gasteiger partial charge in [-0.1, -0.05) is 12.1 Å². The molecule has 0 radical (unpaired) electrons. The summed E-state index contributed by atoms with van der Waals surface area (Å²) in [5.41, 5.74) is 0.678. The average Bonchev–Trinajstić information content (AvgIpc) is 2.40. The molecule has 0 aliphatic rings. The number of ether oxygens (including phenoxy) is 2. The highest BCUT2D eigenvalue weighted by molar-refractivity contribution is 5.48. The molecule has 0 aliphatic carbocycles. The topological polar surface area (TPSA) is 43.4 Å². The minimum atomic E-state index is -4.77. The quantitative estimate of drug-likeness (QED) is 0.927. The Hall–Kier alpha value is -2.44. The first-order valence-electron chi connectivity index (χ1n) is 5.63. The molecule has 0 unspecified atom stereocenters. The fourth-order valence-electron chi connectivity index (χ4n) is 1.48. The summed E-state index contributed by atoms with van der Waals surface area (Å²) in [5.74, 6) is -0.148. The lowest BCUT2D eigenvalue weighted by Gasteiger charge is -2.13. The van der Waals surface area contributed by atoms with Gasteiger partial charge in [0.25, 0.3) is 0 Å². The van der Waals surface area contributed by atoms with Crippen LogP contribution in [0.25, 0.3) is 0 Å². The van der Waals surface area contributed by atoms with Crippen molar-refractivity contribution in [2.45, 2.75) is 6.36 Å². The highest BCUT2D eigenvalue weighted by atomic mass is 19.4. The van der Waals surface area contributed by atoms with E-state index in [4.69, 9.17) is 4.74 Å². The zero-order valence-corrected chi connectivity index (χ0v) is 10.4. The van der Waals surface area contributed by atoms with Gasteiger partial charge in [-0.15, -0.1) is 13.2 Å². The highest BCUT2D eigenvalue weighted by Gasteiger charge is 2.32. The molecule has 2 aromatic rings. The molecule has 4 nitrogen and oxygen atoms in total. The van der Waals surface area contributed by atoms with E-state index in [-0.39, 0.29) is 5.75 Å². The van der Waals surface area contributed by atoms with Gasteiger partial charge in [0.05, 0.1) is 18.1 Å². The third-order valence-electron chi connectivity index (χ3n) is 2.30. The predicted molar refractivity (Wildman–Crippen MR) is 67.0 cm³/mol. The summed E-state index contributed by atoms with van der Waals surface area (Å²) in [6.45, 7) is 0. The molecular weight excluding hydrogens is 273 g/mol. The first kappa shape index (κ1) is 14.0. The molecule has 0 saturated carbocycles. The molecule has 0 atom stereocenters. The van der Waals surface area contributed by atoms with Crippen molar-refractivity contribution in [1.29, 1.82) is 0 Å². The van der Waals surface area contributed by atoms with Crippen molar-refractivity contribution in [3.63, 3.8) is 0 Å². The van der Waals surface area contributed by atoms with Crippen LogP contribution in [0, 0.1) is 0 Å². The number of benzene rings is 1. The SMILES string of the molecule is CNc1cncc(Oc2ccccc2OC(F)(F)F)c1. The minimum Gasteiger partial charge on any atom is -0.452 e. The summed E-state index contributed by atoms with van der Waals surface area (Å²) in [7, 11) is 1.70. The van der Waals surface area contributed by atoms with Crippen molar-refractivity contribution in [3.05, 3.63) is 42.7 Å². The number of halogens is 3. The van der Waals surface area contributed by atoms with E-state index in [1.54, 1.807) is 25.4 Å². The predicted octanol–water partition coefficient (Wildman–Crippen LogP) is 3.81. The molecule has 0 fully saturated rings. The lowest BCUT2D eigenvalue weighted by molar-refractivity contribution is -0.275. The van der Waals surface area contributed by atoms with Crippen molar-refractivity contribution in [2.75, 3.05) is 12.4 Å². The van der Waals surface area contributed by atoms with Crippen molar-refractivity contribution in [2.24, 2.45) is 0 Å². The Labute approximate surface area is 113 Å². The van der Waals surface area contributed by atoms with Crippen LogP contribution < -0.4 is 14.8 Å². The van der Waals surface area contributed by atoms with Crippen LogP contribution in [0.1, 0.15) is 0 Å². The van der Waals surface area contributed by atoms with Crippen molar-refractivity contribution < 1.29 is 22.6 Å². The Morgan fingerprint density at radius 3 is 2.45 bits per heavy atom. The summed E-state index contributed by atoms with van der Waals surface area (Å²) in [4.78, 5) is 3.91. The molecule has 1 N–H and O–H groups in total. The molecule has 0 aliphatic heterocycles. The molecule has 0 spiro atoms. The summed E-state index contributed by atoms with van der Waals surface area (Å²) in [6, 6.07) is 7.15. The fourth-order valence-corrected chi connectivity index (χ4v) is 1.48. The molecule has 0 amide bonds. The van der Waals surface area contributed by atoms with Gasteiger partial charge in [-0.3, -0.25) is 4.98 Å². The Morgan fingerprint density at radius 2 is 1.80 bits per heavy atom. The van der Waals surface area contributed by atoms with Gasteiger partial charge < -0.3 is 14.8 Å². The standard InChI is InChI=1S/C13H11F3N2O2/c1-17-9-6-10(8-18-7-9)19-11-4-2-3-5-12(11)20-13(14,15)16/h2-8,17H,1H3. The number of aromatic nitrogens is 1. The van der Waals surface area contributed by atoms with Crippen LogP contribution in [0.5, 0.6) is 17.2 Å². The van der Waals surface area contributed by atoms with Gasteiger partial charge in [0.15, 0.2) is 11.5 Å². The van der Waals surface area contributed by atoms with E-state index in [9.17, 15) is 13.2 Å². The van der Waals surface area contributed by atoms with E-state index in [1.165, 1.54) is 24.4 Å². The average molecular weight is 284 g/mol. The number of anilines is 1. The van der Waals surface area contributed by atoms with Crippen molar-refractivity contribution in [3.8, 4) is 17.2 Å². The molecule has 2 rings (SSSR count). The molecule has 106 valence electrons. The van der Waals surface area contributed by atoms with E-state index in [2.05, 4.69) is 15.0 Å². The van der Waals surface area contributed by atoms with E-state index in [1.807, 2.05) is 0 Å². The summed E-state index contributed by atoms with van der Waals surface area (Å²) < 4.78 is 46.1. The van der Waals surface area contributed by atoms with Crippen LogP contribution >= 0.6 is 0 Å². The lowest BCUT2D eigenvalue weighted by atomic mass is 10.3. The first-order valence-corrected chi connectivity index (χ1v) is 5.63. The van der Waals surface area contributed by atoms with E-state index >= 15 is 0 Å². The van der Waals surface area contributed by atoms with E-state index in [0.717, 1.165) is 0 Å².